The van der Waals surface area contributed by atoms with E-state index >= 15 is 0 Å². The first-order chi connectivity index (χ1) is 10.9. The third kappa shape index (κ3) is 6.23. The van der Waals surface area contributed by atoms with Gasteiger partial charge in [-0.25, -0.2) is 0 Å². The van der Waals surface area contributed by atoms with E-state index in [-0.39, 0.29) is 23.9 Å². The van der Waals surface area contributed by atoms with Gasteiger partial charge in [0.2, 0.25) is 0 Å². The lowest BCUT2D eigenvalue weighted by Crippen LogP contribution is -3.17. The van der Waals surface area contributed by atoms with Gasteiger partial charge < -0.3 is 15.5 Å². The number of hydrogen-bond donors (Lipinski definition) is 3. The van der Waals surface area contributed by atoms with Crippen molar-refractivity contribution in [3.05, 3.63) is 24.3 Å². The van der Waals surface area contributed by atoms with Crippen molar-refractivity contribution in [3.8, 4) is 0 Å². The van der Waals surface area contributed by atoms with Crippen LogP contribution in [0.1, 0.15) is 27.7 Å². The fraction of sp³-hybridized carbons (Fsp3) is 0.529. The molecule has 3 N–H and O–H groups in total. The lowest BCUT2D eigenvalue weighted by Gasteiger charge is -2.24. The van der Waals surface area contributed by atoms with Crippen molar-refractivity contribution < 1.29 is 14.5 Å². The average Bonchev–Trinajstić information content (AvgIpc) is 2.51. The molecule has 1 aromatic rings. The largest absolute Gasteiger partial charge is 0.349 e. The van der Waals surface area contributed by atoms with E-state index in [0.29, 0.717) is 13.1 Å². The zero-order chi connectivity index (χ0) is 17.4. The van der Waals surface area contributed by atoms with Gasteiger partial charge in [0.1, 0.15) is 0 Å². The number of rotatable bonds is 8. The average molecular weight is 338 g/mol. The molecule has 2 amide bonds. The molecule has 2 atom stereocenters. The summed E-state index contributed by atoms with van der Waals surface area (Å²) in [5.74, 6) is -0.0956. The summed E-state index contributed by atoms with van der Waals surface area (Å²) < 4.78 is 0. The number of anilines is 1. The van der Waals surface area contributed by atoms with Gasteiger partial charge in [-0.05, 0) is 46.1 Å². The highest BCUT2D eigenvalue weighted by molar-refractivity contribution is 7.98. The summed E-state index contributed by atoms with van der Waals surface area (Å²) in [6.07, 6.45) is 1.98. The molecule has 0 aromatic heterocycles. The number of carbonyl (C=O) groups is 2. The summed E-state index contributed by atoms with van der Waals surface area (Å²) >= 11 is 1.60. The van der Waals surface area contributed by atoms with E-state index in [1.165, 1.54) is 0 Å². The normalized spacial score (nSPS) is 13.5. The number of para-hydroxylation sites is 1. The summed E-state index contributed by atoms with van der Waals surface area (Å²) in [7, 11) is 0. The minimum absolute atomic E-state index is 0.0268. The lowest BCUT2D eigenvalue weighted by molar-refractivity contribution is -0.904. The minimum atomic E-state index is -0.298. The van der Waals surface area contributed by atoms with Crippen molar-refractivity contribution in [2.24, 2.45) is 0 Å². The van der Waals surface area contributed by atoms with Crippen molar-refractivity contribution in [1.29, 1.82) is 0 Å². The van der Waals surface area contributed by atoms with E-state index in [2.05, 4.69) is 10.6 Å². The minimum Gasteiger partial charge on any atom is -0.349 e. The molecule has 128 valence electrons. The standard InChI is InChI=1S/C17H27N3O2S/c1-6-20(11-16(21)18-12(2)3)13(4)17(22)19-14-9-7-8-10-15(14)23-5/h7-10,12-13H,6,11H2,1-5H3,(H,18,21)(H,19,22)/p+1/t13-/m0/s1. The highest BCUT2D eigenvalue weighted by atomic mass is 32.2. The Balaban J connectivity index is 2.71. The van der Waals surface area contributed by atoms with Crippen LogP contribution in [-0.4, -0.2) is 43.2 Å². The van der Waals surface area contributed by atoms with Crippen LogP contribution < -0.4 is 15.5 Å². The number of hydrogen-bond acceptors (Lipinski definition) is 3. The van der Waals surface area contributed by atoms with Gasteiger partial charge in [0.25, 0.3) is 11.8 Å². The smallest absolute Gasteiger partial charge is 0.282 e. The number of benzene rings is 1. The molecule has 0 aliphatic heterocycles. The number of nitrogens with one attached hydrogen (secondary N) is 3. The number of amides is 2. The van der Waals surface area contributed by atoms with Crippen LogP contribution in [0.25, 0.3) is 0 Å². The zero-order valence-electron chi connectivity index (χ0n) is 14.6. The second-order valence-corrected chi connectivity index (χ2v) is 6.67. The number of likely N-dealkylation sites (N-methyl/N-ethyl adjacent to an activating group) is 1. The molecular weight excluding hydrogens is 310 g/mol. The number of carbonyl (C=O) groups excluding carboxylic acids is 2. The van der Waals surface area contributed by atoms with Gasteiger partial charge in [-0.2, -0.15) is 0 Å². The molecule has 0 saturated heterocycles. The maximum Gasteiger partial charge on any atom is 0.282 e. The van der Waals surface area contributed by atoms with Crippen molar-refractivity contribution in [1.82, 2.24) is 5.32 Å². The van der Waals surface area contributed by atoms with Gasteiger partial charge >= 0.3 is 0 Å². The van der Waals surface area contributed by atoms with Crippen LogP contribution in [-0.2, 0) is 9.59 Å². The molecule has 0 saturated carbocycles. The highest BCUT2D eigenvalue weighted by Gasteiger charge is 2.26. The Bertz CT molecular complexity index is 534. The van der Waals surface area contributed by atoms with Crippen LogP contribution in [0.15, 0.2) is 29.2 Å². The molecule has 23 heavy (non-hydrogen) atoms. The second kappa shape index (κ2) is 9.57. The Hall–Kier alpha value is -1.53. The quantitative estimate of drug-likeness (QED) is 0.624. The van der Waals surface area contributed by atoms with E-state index in [0.717, 1.165) is 15.5 Å². The van der Waals surface area contributed by atoms with Crippen LogP contribution >= 0.6 is 11.8 Å². The Morgan fingerprint density at radius 3 is 2.43 bits per heavy atom. The first kappa shape index (κ1) is 19.5. The van der Waals surface area contributed by atoms with Gasteiger partial charge in [-0.15, -0.1) is 11.8 Å². The second-order valence-electron chi connectivity index (χ2n) is 5.82. The molecule has 0 radical (unpaired) electrons. The van der Waals surface area contributed by atoms with Crippen LogP contribution in [0.2, 0.25) is 0 Å². The molecule has 5 nitrogen and oxygen atoms in total. The van der Waals surface area contributed by atoms with E-state index in [1.54, 1.807) is 11.8 Å². The molecule has 1 aromatic carbocycles. The Kier molecular flexibility index (Phi) is 8.12. The summed E-state index contributed by atoms with van der Waals surface area (Å²) in [4.78, 5) is 26.4. The molecule has 1 rings (SSSR count). The predicted molar refractivity (Wildman–Crippen MR) is 96.0 cm³/mol. The molecular formula is C17H28N3O2S+. The third-order valence-electron chi connectivity index (χ3n) is 3.66. The predicted octanol–water partition coefficient (Wildman–Crippen LogP) is 1.16. The summed E-state index contributed by atoms with van der Waals surface area (Å²) in [6.45, 7) is 8.71. The highest BCUT2D eigenvalue weighted by Crippen LogP contribution is 2.24. The molecule has 1 unspecified atom stereocenters. The molecule has 0 fully saturated rings. The summed E-state index contributed by atoms with van der Waals surface area (Å²) in [6, 6.07) is 7.54. The zero-order valence-corrected chi connectivity index (χ0v) is 15.4. The maximum atomic E-state index is 12.5. The van der Waals surface area contributed by atoms with Gasteiger partial charge in [0, 0.05) is 10.9 Å². The Morgan fingerprint density at radius 2 is 1.87 bits per heavy atom. The number of thioether (sulfide) groups is 1. The van der Waals surface area contributed by atoms with Crippen molar-refractivity contribution in [3.63, 3.8) is 0 Å². The third-order valence-corrected chi connectivity index (χ3v) is 4.46. The van der Waals surface area contributed by atoms with Crippen LogP contribution in [0.4, 0.5) is 5.69 Å². The van der Waals surface area contributed by atoms with Gasteiger partial charge in [0.15, 0.2) is 12.6 Å². The van der Waals surface area contributed by atoms with E-state index in [1.807, 2.05) is 58.2 Å². The lowest BCUT2D eigenvalue weighted by atomic mass is 10.2. The fourth-order valence-electron chi connectivity index (χ4n) is 2.34. The van der Waals surface area contributed by atoms with Crippen LogP contribution in [0.3, 0.4) is 0 Å². The molecule has 0 heterocycles. The summed E-state index contributed by atoms with van der Waals surface area (Å²) in [5, 5.41) is 5.85. The molecule has 0 spiro atoms. The molecule has 0 aliphatic rings. The van der Waals surface area contributed by atoms with E-state index in [9.17, 15) is 9.59 Å². The first-order valence-electron chi connectivity index (χ1n) is 7.96. The fourth-order valence-corrected chi connectivity index (χ4v) is 2.89. The van der Waals surface area contributed by atoms with Gasteiger partial charge in [-0.1, -0.05) is 12.1 Å². The van der Waals surface area contributed by atoms with Crippen LogP contribution in [0.5, 0.6) is 0 Å². The summed E-state index contributed by atoms with van der Waals surface area (Å²) in [5.41, 5.74) is 0.818. The van der Waals surface area contributed by atoms with Crippen molar-refractivity contribution >= 4 is 29.3 Å². The Labute approximate surface area is 143 Å². The number of quaternary nitrogens is 1. The topological polar surface area (TPSA) is 62.6 Å². The first-order valence-corrected chi connectivity index (χ1v) is 9.19. The van der Waals surface area contributed by atoms with Gasteiger partial charge in [-0.3, -0.25) is 9.59 Å². The molecule has 0 bridgehead atoms. The molecule has 6 heteroatoms. The maximum absolute atomic E-state index is 12.5. The SMILES string of the molecule is CC[NH+](CC(=O)NC(C)C)[C@@H](C)C(=O)Nc1ccccc1SC. The van der Waals surface area contributed by atoms with E-state index in [4.69, 9.17) is 0 Å². The van der Waals surface area contributed by atoms with Crippen molar-refractivity contribution in [2.75, 3.05) is 24.7 Å². The van der Waals surface area contributed by atoms with Crippen LogP contribution in [0, 0.1) is 0 Å². The van der Waals surface area contributed by atoms with Gasteiger partial charge in [0.05, 0.1) is 12.2 Å². The van der Waals surface area contributed by atoms with Crippen molar-refractivity contribution in [2.45, 2.75) is 44.7 Å². The monoisotopic (exact) mass is 338 g/mol. The Morgan fingerprint density at radius 1 is 1.22 bits per heavy atom. The molecule has 0 aliphatic carbocycles. The van der Waals surface area contributed by atoms with E-state index < -0.39 is 0 Å².